The van der Waals surface area contributed by atoms with Crippen molar-refractivity contribution in [2.75, 3.05) is 0 Å². The maximum absolute atomic E-state index is 2.46. The number of fused-ring (bicyclic) bond motifs is 4. The molecule has 7 rings (SSSR count). The highest BCUT2D eigenvalue weighted by molar-refractivity contribution is 5.88. The molecule has 2 aliphatic carbocycles. The molecule has 0 saturated heterocycles. The van der Waals surface area contributed by atoms with Crippen molar-refractivity contribution in [3.8, 4) is 11.1 Å². The van der Waals surface area contributed by atoms with Gasteiger partial charge in [0.25, 0.3) is 0 Å². The van der Waals surface area contributed by atoms with Crippen molar-refractivity contribution in [3.63, 3.8) is 0 Å². The zero-order chi connectivity index (χ0) is 26.7. The molecule has 39 heavy (non-hydrogen) atoms. The third-order valence-corrected chi connectivity index (χ3v) is 8.79. The van der Waals surface area contributed by atoms with Gasteiger partial charge in [0.15, 0.2) is 0 Å². The second-order valence-electron chi connectivity index (χ2n) is 11.1. The lowest BCUT2D eigenvalue weighted by molar-refractivity contribution is 1.01. The molecule has 0 spiro atoms. The Labute approximate surface area is 231 Å². The third-order valence-electron chi connectivity index (χ3n) is 8.79. The van der Waals surface area contributed by atoms with Gasteiger partial charge in [-0.15, -0.1) is 0 Å². The second-order valence-corrected chi connectivity index (χ2v) is 11.1. The van der Waals surface area contributed by atoms with Gasteiger partial charge in [-0.05, 0) is 117 Å². The average molecular weight is 501 g/mol. The lowest BCUT2D eigenvalue weighted by atomic mass is 9.83. The standard InChI is InChI=1S/C39H32/c1-24-15-17-32-30(21-24)22-37-36(32)23-35(39(28-11-7-5-8-12-28)29-13-9-6-10-14-29)27(4)38(37)34-20-19-31-26(3)25(2)16-18-33(31)34/h5-23,34H,1-4H3. The molecule has 0 aromatic heterocycles. The number of hydrogen-bond acceptors (Lipinski definition) is 0. The van der Waals surface area contributed by atoms with E-state index in [0.717, 1.165) is 0 Å². The first-order chi connectivity index (χ1) is 19.0. The summed E-state index contributed by atoms with van der Waals surface area (Å²) in [6.45, 7) is 9.00. The monoisotopic (exact) mass is 500 g/mol. The summed E-state index contributed by atoms with van der Waals surface area (Å²) in [4.78, 5) is 0. The second kappa shape index (κ2) is 9.10. The smallest absolute Gasteiger partial charge is 0.0287 e. The molecule has 0 heterocycles. The van der Waals surface area contributed by atoms with Gasteiger partial charge in [-0.2, -0.15) is 0 Å². The van der Waals surface area contributed by atoms with Crippen LogP contribution in [0, 0.1) is 27.7 Å². The van der Waals surface area contributed by atoms with Gasteiger partial charge >= 0.3 is 0 Å². The number of allylic oxidation sites excluding steroid dienone is 1. The van der Waals surface area contributed by atoms with Crippen molar-refractivity contribution >= 4 is 17.7 Å². The van der Waals surface area contributed by atoms with Crippen molar-refractivity contribution in [1.82, 2.24) is 0 Å². The van der Waals surface area contributed by atoms with Gasteiger partial charge in [0.05, 0.1) is 0 Å². The quantitative estimate of drug-likeness (QED) is 0.230. The summed E-state index contributed by atoms with van der Waals surface area (Å²) in [5, 5.41) is 2.69. The van der Waals surface area contributed by atoms with Crippen LogP contribution in [0.4, 0.5) is 0 Å². The van der Waals surface area contributed by atoms with Crippen LogP contribution in [0.25, 0.3) is 28.9 Å². The van der Waals surface area contributed by atoms with Crippen molar-refractivity contribution < 1.29 is 0 Å². The molecule has 0 nitrogen and oxygen atoms in total. The van der Waals surface area contributed by atoms with Crippen molar-refractivity contribution in [2.24, 2.45) is 0 Å². The summed E-state index contributed by atoms with van der Waals surface area (Å²) >= 11 is 0. The molecule has 0 fully saturated rings. The Kier molecular flexibility index (Phi) is 5.53. The number of benzene rings is 5. The molecule has 0 amide bonds. The van der Waals surface area contributed by atoms with E-state index in [0.29, 0.717) is 0 Å². The predicted molar refractivity (Wildman–Crippen MR) is 165 cm³/mol. The molecule has 1 atom stereocenters. The van der Waals surface area contributed by atoms with Crippen LogP contribution in [0.15, 0.2) is 103 Å². The maximum atomic E-state index is 2.46. The minimum atomic E-state index is 0.229. The fourth-order valence-electron chi connectivity index (χ4n) is 6.65. The van der Waals surface area contributed by atoms with Crippen LogP contribution in [0.5, 0.6) is 0 Å². The molecular weight excluding hydrogens is 468 g/mol. The van der Waals surface area contributed by atoms with Gasteiger partial charge < -0.3 is 0 Å². The van der Waals surface area contributed by atoms with E-state index in [2.05, 4.69) is 143 Å². The molecule has 188 valence electrons. The van der Waals surface area contributed by atoms with E-state index in [1.807, 2.05) is 0 Å². The molecule has 0 saturated carbocycles. The van der Waals surface area contributed by atoms with E-state index >= 15 is 0 Å². The summed E-state index contributed by atoms with van der Waals surface area (Å²) in [5.74, 6) is 0.229. The summed E-state index contributed by atoms with van der Waals surface area (Å²) in [5.41, 5.74) is 17.4. The molecule has 0 bridgehead atoms. The first kappa shape index (κ1) is 23.7. The van der Waals surface area contributed by atoms with Crippen LogP contribution < -0.4 is 10.4 Å². The minimum absolute atomic E-state index is 0.229. The van der Waals surface area contributed by atoms with E-state index in [4.69, 9.17) is 0 Å². The van der Waals surface area contributed by atoms with Crippen molar-refractivity contribution in [1.29, 1.82) is 0 Å². The summed E-state index contributed by atoms with van der Waals surface area (Å²) in [6.07, 6.45) is 7.21. The normalized spacial score (nSPS) is 14.5. The number of aryl methyl sites for hydroxylation is 2. The Morgan fingerprint density at radius 1 is 0.641 bits per heavy atom. The highest BCUT2D eigenvalue weighted by Crippen LogP contribution is 2.39. The van der Waals surface area contributed by atoms with Crippen LogP contribution >= 0.6 is 0 Å². The highest BCUT2D eigenvalue weighted by Gasteiger charge is 2.27. The molecular formula is C39H32. The number of rotatable bonds is 3. The highest BCUT2D eigenvalue weighted by atomic mass is 14.3. The van der Waals surface area contributed by atoms with E-state index in [1.165, 1.54) is 82.8 Å². The summed E-state index contributed by atoms with van der Waals surface area (Å²) < 4.78 is 0. The molecule has 0 aliphatic heterocycles. The Morgan fingerprint density at radius 2 is 1.33 bits per heavy atom. The lowest BCUT2D eigenvalue weighted by Crippen LogP contribution is -2.25. The summed E-state index contributed by atoms with van der Waals surface area (Å²) in [6, 6.07) is 35.8. The molecule has 0 N–H and O–H groups in total. The number of hydrogen-bond donors (Lipinski definition) is 0. The van der Waals surface area contributed by atoms with Crippen LogP contribution in [-0.4, -0.2) is 0 Å². The molecule has 0 radical (unpaired) electrons. The van der Waals surface area contributed by atoms with Crippen molar-refractivity contribution in [2.45, 2.75) is 33.6 Å². The topological polar surface area (TPSA) is 0 Å². The zero-order valence-electron chi connectivity index (χ0n) is 23.0. The van der Waals surface area contributed by atoms with Gasteiger partial charge in [0, 0.05) is 5.92 Å². The van der Waals surface area contributed by atoms with E-state index in [1.54, 1.807) is 0 Å². The lowest BCUT2D eigenvalue weighted by Gasteiger charge is -2.20. The Bertz CT molecular complexity index is 1880. The Hall–Kier alpha value is -4.42. The van der Waals surface area contributed by atoms with Gasteiger partial charge in [-0.1, -0.05) is 109 Å². The fourth-order valence-corrected chi connectivity index (χ4v) is 6.65. The van der Waals surface area contributed by atoms with E-state index in [-0.39, 0.29) is 5.92 Å². The largest absolute Gasteiger partial charge is 0.0720 e. The van der Waals surface area contributed by atoms with Gasteiger partial charge in [0.2, 0.25) is 0 Å². The van der Waals surface area contributed by atoms with Crippen LogP contribution in [0.3, 0.4) is 0 Å². The maximum Gasteiger partial charge on any atom is 0.0287 e. The van der Waals surface area contributed by atoms with Crippen LogP contribution in [0.2, 0.25) is 0 Å². The molecule has 5 aromatic rings. The molecule has 1 unspecified atom stereocenters. The Balaban J connectivity index is 1.63. The summed E-state index contributed by atoms with van der Waals surface area (Å²) in [7, 11) is 0. The van der Waals surface area contributed by atoms with Gasteiger partial charge in [-0.25, -0.2) is 0 Å². The van der Waals surface area contributed by atoms with Gasteiger partial charge in [-0.3, -0.25) is 0 Å². The third kappa shape index (κ3) is 3.74. The first-order valence-corrected chi connectivity index (χ1v) is 13.9. The predicted octanol–water partition coefficient (Wildman–Crippen LogP) is 8.14. The molecule has 0 heteroatoms. The Morgan fingerprint density at radius 3 is 2.03 bits per heavy atom. The minimum Gasteiger partial charge on any atom is -0.0720 e. The van der Waals surface area contributed by atoms with Crippen molar-refractivity contribution in [3.05, 3.63) is 169 Å². The molecule has 5 aromatic carbocycles. The fraction of sp³-hybridized carbons (Fsp3) is 0.128. The van der Waals surface area contributed by atoms with Crippen LogP contribution in [-0.2, 0) is 0 Å². The van der Waals surface area contributed by atoms with Crippen LogP contribution in [0.1, 0.15) is 61.6 Å². The zero-order valence-corrected chi connectivity index (χ0v) is 23.0. The molecule has 2 aliphatic rings. The first-order valence-electron chi connectivity index (χ1n) is 13.9. The van der Waals surface area contributed by atoms with E-state index < -0.39 is 0 Å². The average Bonchev–Trinajstić information content (AvgIpc) is 3.54. The van der Waals surface area contributed by atoms with E-state index in [9.17, 15) is 0 Å². The SMILES string of the molecule is Cc1ccc2c(c1)C=c1c-2cc(=C(c2ccccc2)c2ccccc2)c(C)c1C1C=Cc2c1ccc(C)c2C. The van der Waals surface area contributed by atoms with Gasteiger partial charge in [0.1, 0.15) is 0 Å².